The molecule has 1 amide bonds. The van der Waals surface area contributed by atoms with Crippen LogP contribution in [0, 0.1) is 12.8 Å². The number of aryl methyl sites for hydroxylation is 1. The van der Waals surface area contributed by atoms with Crippen LogP contribution in [0.4, 0.5) is 0 Å². The van der Waals surface area contributed by atoms with Crippen LogP contribution in [0.3, 0.4) is 0 Å². The maximum Gasteiger partial charge on any atom is 0.328 e. The van der Waals surface area contributed by atoms with E-state index in [-0.39, 0.29) is 23.1 Å². The number of hydrogen-bond acceptors (Lipinski definition) is 8. The van der Waals surface area contributed by atoms with Crippen molar-refractivity contribution >= 4 is 17.8 Å². The maximum atomic E-state index is 12.9. The van der Waals surface area contributed by atoms with Gasteiger partial charge in [0.2, 0.25) is 5.75 Å². The van der Waals surface area contributed by atoms with Crippen LogP contribution in [0.2, 0.25) is 0 Å². The van der Waals surface area contributed by atoms with Crippen molar-refractivity contribution in [2.45, 2.75) is 59.6 Å². The predicted molar refractivity (Wildman–Crippen MR) is 130 cm³/mol. The Hall–Kier alpha value is -3.62. The monoisotopic (exact) mass is 486 g/mol. The van der Waals surface area contributed by atoms with Crippen LogP contribution in [0.5, 0.6) is 17.2 Å². The number of ether oxygens (including phenoxy) is 4. The Morgan fingerprint density at radius 2 is 1.63 bits per heavy atom. The van der Waals surface area contributed by atoms with Gasteiger partial charge in [0.15, 0.2) is 11.4 Å². The number of aromatic nitrogens is 1. The Balaban J connectivity index is 2.11. The fraction of sp³-hybridized carbons (Fsp3) is 0.462. The highest BCUT2D eigenvalue weighted by atomic mass is 16.6. The van der Waals surface area contributed by atoms with Crippen LogP contribution < -0.4 is 19.5 Å². The normalized spacial score (nSPS) is 13.4. The van der Waals surface area contributed by atoms with E-state index in [1.54, 1.807) is 27.9 Å². The zero-order valence-electron chi connectivity index (χ0n) is 21.5. The van der Waals surface area contributed by atoms with Gasteiger partial charge in [-0.3, -0.25) is 9.59 Å². The number of rotatable bonds is 10. The van der Waals surface area contributed by atoms with Crippen LogP contribution >= 0.6 is 0 Å². The minimum atomic E-state index is -0.976. The molecule has 0 aliphatic heterocycles. The van der Waals surface area contributed by atoms with Crippen LogP contribution in [-0.2, 0) is 14.3 Å². The summed E-state index contributed by atoms with van der Waals surface area (Å²) in [7, 11) is 2.99. The van der Waals surface area contributed by atoms with Gasteiger partial charge in [0, 0.05) is 18.2 Å². The average Bonchev–Trinajstić information content (AvgIpc) is 2.83. The molecule has 0 radical (unpaired) electrons. The molecule has 190 valence electrons. The number of amides is 1. The number of benzene rings is 1. The van der Waals surface area contributed by atoms with Gasteiger partial charge in [-0.05, 0) is 44.0 Å². The number of nitrogens with zero attached hydrogens (tertiary/aromatic N) is 1. The summed E-state index contributed by atoms with van der Waals surface area (Å²) in [6.07, 6.45) is 0.899. The lowest BCUT2D eigenvalue weighted by Gasteiger charge is -2.24. The van der Waals surface area contributed by atoms with Gasteiger partial charge in [-0.25, -0.2) is 9.78 Å². The van der Waals surface area contributed by atoms with E-state index in [9.17, 15) is 14.4 Å². The Kier molecular flexibility index (Phi) is 9.62. The van der Waals surface area contributed by atoms with Gasteiger partial charge in [-0.2, -0.15) is 0 Å². The molecule has 9 heteroatoms. The number of nitrogens with one attached hydrogen (secondary N) is 1. The third kappa shape index (κ3) is 6.94. The minimum absolute atomic E-state index is 0.0881. The second-order valence-electron chi connectivity index (χ2n) is 8.62. The van der Waals surface area contributed by atoms with E-state index in [2.05, 4.69) is 10.3 Å². The van der Waals surface area contributed by atoms with Gasteiger partial charge in [-0.15, -0.1) is 0 Å². The number of pyridine rings is 1. The van der Waals surface area contributed by atoms with Gasteiger partial charge >= 0.3 is 11.9 Å². The molecule has 1 heterocycles. The molecule has 0 bridgehead atoms. The summed E-state index contributed by atoms with van der Waals surface area (Å²) >= 11 is 0. The molecule has 0 aliphatic carbocycles. The Bertz CT molecular complexity index is 1070. The van der Waals surface area contributed by atoms with Crippen molar-refractivity contribution < 1.29 is 33.3 Å². The van der Waals surface area contributed by atoms with Crippen molar-refractivity contribution in [1.82, 2.24) is 10.3 Å². The first kappa shape index (κ1) is 27.6. The molecule has 2 aromatic rings. The quantitative estimate of drug-likeness (QED) is 0.504. The van der Waals surface area contributed by atoms with E-state index in [0.29, 0.717) is 0 Å². The van der Waals surface area contributed by atoms with Gasteiger partial charge in [0.1, 0.15) is 17.9 Å². The molecule has 9 nitrogen and oxygen atoms in total. The van der Waals surface area contributed by atoms with E-state index in [0.717, 1.165) is 16.9 Å². The smallest absolute Gasteiger partial charge is 0.328 e. The molecule has 0 spiro atoms. The Labute approximate surface area is 206 Å². The van der Waals surface area contributed by atoms with Gasteiger partial charge in [0.05, 0.1) is 20.1 Å². The highest BCUT2D eigenvalue weighted by molar-refractivity contribution is 5.98. The summed E-state index contributed by atoms with van der Waals surface area (Å²) in [5.74, 6) is -1.55. The lowest BCUT2D eigenvalue weighted by molar-refractivity contribution is -0.151. The van der Waals surface area contributed by atoms with E-state index < -0.39 is 35.9 Å². The van der Waals surface area contributed by atoms with Gasteiger partial charge in [0.25, 0.3) is 5.91 Å². The first-order valence-corrected chi connectivity index (χ1v) is 11.4. The lowest BCUT2D eigenvalue weighted by Crippen LogP contribution is -2.41. The zero-order valence-corrected chi connectivity index (χ0v) is 21.5. The Morgan fingerprint density at radius 3 is 2.20 bits per heavy atom. The van der Waals surface area contributed by atoms with Crippen LogP contribution in [-0.4, -0.2) is 49.2 Å². The van der Waals surface area contributed by atoms with Crippen LogP contribution in [0.1, 0.15) is 62.2 Å². The van der Waals surface area contributed by atoms with E-state index in [4.69, 9.17) is 18.9 Å². The zero-order chi connectivity index (χ0) is 26.3. The highest BCUT2D eigenvalue weighted by Crippen LogP contribution is 2.31. The molecule has 0 saturated carbocycles. The maximum absolute atomic E-state index is 12.9. The van der Waals surface area contributed by atoms with Crippen molar-refractivity contribution in [3.63, 3.8) is 0 Å². The molecule has 2 rings (SSSR count). The van der Waals surface area contributed by atoms with Crippen molar-refractivity contribution in [3.8, 4) is 17.2 Å². The molecule has 1 aromatic carbocycles. The van der Waals surface area contributed by atoms with E-state index in [1.807, 2.05) is 32.0 Å². The van der Waals surface area contributed by atoms with Crippen molar-refractivity contribution in [2.24, 2.45) is 5.92 Å². The van der Waals surface area contributed by atoms with E-state index in [1.165, 1.54) is 26.3 Å². The molecule has 0 saturated heterocycles. The van der Waals surface area contributed by atoms with Crippen molar-refractivity contribution in [1.29, 1.82) is 0 Å². The summed E-state index contributed by atoms with van der Waals surface area (Å²) < 4.78 is 21.5. The first-order chi connectivity index (χ1) is 16.5. The summed E-state index contributed by atoms with van der Waals surface area (Å²) in [6, 6.07) is 6.23. The standard InChI is InChI=1S/C26H34N2O7/c1-14(2)25(30)35-23-21(33-8)11-12-27-22(23)24(29)28-17(5)26(31)34-18(6)16(4)20-10-9-19(32-7)13-15(20)3/h9-14,16-18H,1-8H3,(H,28,29). The van der Waals surface area contributed by atoms with Crippen LogP contribution in [0.25, 0.3) is 0 Å². The minimum Gasteiger partial charge on any atom is -0.497 e. The number of carbonyl (C=O) groups excluding carboxylic acids is 3. The molecule has 35 heavy (non-hydrogen) atoms. The molecule has 1 N–H and O–H groups in total. The summed E-state index contributed by atoms with van der Waals surface area (Å²) in [5, 5.41) is 2.56. The fourth-order valence-electron chi connectivity index (χ4n) is 3.32. The number of esters is 2. The average molecular weight is 487 g/mol. The highest BCUT2D eigenvalue weighted by Gasteiger charge is 2.28. The topological polar surface area (TPSA) is 113 Å². The molecule has 0 aliphatic rings. The summed E-state index contributed by atoms with van der Waals surface area (Å²) in [6.45, 7) is 10.6. The molecule has 1 aromatic heterocycles. The first-order valence-electron chi connectivity index (χ1n) is 11.4. The predicted octanol–water partition coefficient (Wildman–Crippen LogP) is 3.82. The van der Waals surface area contributed by atoms with Crippen LogP contribution in [0.15, 0.2) is 30.5 Å². The molecular formula is C26H34N2O7. The number of carbonyl (C=O) groups is 3. The molecular weight excluding hydrogens is 452 g/mol. The second kappa shape index (κ2) is 12.2. The molecule has 0 fully saturated rings. The largest absolute Gasteiger partial charge is 0.497 e. The molecule has 3 unspecified atom stereocenters. The SMILES string of the molecule is COc1ccc(C(C)C(C)OC(=O)C(C)NC(=O)c2nccc(OC)c2OC(=O)C(C)C)c(C)c1. The van der Waals surface area contributed by atoms with Crippen molar-refractivity contribution in [3.05, 3.63) is 47.3 Å². The van der Waals surface area contributed by atoms with Gasteiger partial charge in [-0.1, -0.05) is 26.8 Å². The van der Waals surface area contributed by atoms with Crippen molar-refractivity contribution in [2.75, 3.05) is 14.2 Å². The second-order valence-corrected chi connectivity index (χ2v) is 8.62. The van der Waals surface area contributed by atoms with E-state index >= 15 is 0 Å². The fourth-order valence-corrected chi connectivity index (χ4v) is 3.32. The summed E-state index contributed by atoms with van der Waals surface area (Å²) in [4.78, 5) is 41.8. The third-order valence-corrected chi connectivity index (χ3v) is 5.65. The summed E-state index contributed by atoms with van der Waals surface area (Å²) in [5.41, 5.74) is 1.88. The number of methoxy groups -OCH3 is 2. The molecule has 3 atom stereocenters. The van der Waals surface area contributed by atoms with Gasteiger partial charge < -0.3 is 24.3 Å². The number of hydrogen-bond donors (Lipinski definition) is 1. The third-order valence-electron chi connectivity index (χ3n) is 5.65. The lowest BCUT2D eigenvalue weighted by atomic mass is 9.92. The Morgan fingerprint density at radius 1 is 0.943 bits per heavy atom.